The summed E-state index contributed by atoms with van der Waals surface area (Å²) in [7, 11) is 1.92. The van der Waals surface area contributed by atoms with Crippen LogP contribution in [0.1, 0.15) is 24.0 Å². The number of aromatic nitrogens is 2. The molecule has 6 nitrogen and oxygen atoms in total. The summed E-state index contributed by atoms with van der Waals surface area (Å²) in [5.74, 6) is -0.213. The van der Waals surface area contributed by atoms with Crippen LogP contribution in [0.3, 0.4) is 0 Å². The number of hydrogen-bond donors (Lipinski definition) is 2. The number of primary amides is 1. The number of anilines is 1. The van der Waals surface area contributed by atoms with E-state index in [1.165, 1.54) is 11.1 Å². The Morgan fingerprint density at radius 3 is 2.71 bits per heavy atom. The van der Waals surface area contributed by atoms with Gasteiger partial charge in [-0.1, -0.05) is 12.1 Å². The lowest BCUT2D eigenvalue weighted by molar-refractivity contribution is -0.122. The van der Waals surface area contributed by atoms with Crippen molar-refractivity contribution >= 4 is 11.6 Å². The van der Waals surface area contributed by atoms with E-state index in [0.29, 0.717) is 0 Å². The standard InChI is InChI=1S/C18H25N5O/c1-22-12-15(11-21-22)10-20-9-14-4-6-17(7-5-14)23-8-2-3-16(13-23)18(19)24/h4-7,11-12,16,20H,2-3,8-10,13H2,1H3,(H2,19,24)/t16-/m1/s1. The van der Waals surface area contributed by atoms with Gasteiger partial charge in [-0.3, -0.25) is 9.48 Å². The summed E-state index contributed by atoms with van der Waals surface area (Å²) in [6.07, 6.45) is 5.81. The maximum atomic E-state index is 11.4. The Kier molecular flexibility index (Phi) is 5.15. The van der Waals surface area contributed by atoms with Gasteiger partial charge < -0.3 is 16.0 Å². The highest BCUT2D eigenvalue weighted by atomic mass is 16.1. The fraction of sp³-hybridized carbons (Fsp3) is 0.444. The number of nitrogens with zero attached hydrogens (tertiary/aromatic N) is 3. The van der Waals surface area contributed by atoms with Gasteiger partial charge in [-0.05, 0) is 30.5 Å². The first-order valence-electron chi connectivity index (χ1n) is 8.43. The van der Waals surface area contributed by atoms with Crippen molar-refractivity contribution in [3.05, 3.63) is 47.8 Å². The van der Waals surface area contributed by atoms with Gasteiger partial charge in [0.2, 0.25) is 5.91 Å². The Labute approximate surface area is 142 Å². The van der Waals surface area contributed by atoms with Crippen LogP contribution in [0.5, 0.6) is 0 Å². The molecule has 1 aliphatic rings. The predicted molar refractivity (Wildman–Crippen MR) is 94.3 cm³/mol. The minimum Gasteiger partial charge on any atom is -0.371 e. The largest absolute Gasteiger partial charge is 0.371 e. The molecule has 1 atom stereocenters. The van der Waals surface area contributed by atoms with Crippen LogP contribution in [-0.4, -0.2) is 28.8 Å². The number of nitrogens with two attached hydrogens (primary N) is 1. The van der Waals surface area contributed by atoms with Crippen LogP contribution in [0, 0.1) is 5.92 Å². The third kappa shape index (κ3) is 4.14. The fourth-order valence-corrected chi connectivity index (χ4v) is 3.18. The van der Waals surface area contributed by atoms with Crippen molar-refractivity contribution in [2.45, 2.75) is 25.9 Å². The Morgan fingerprint density at radius 2 is 2.04 bits per heavy atom. The molecule has 1 aromatic heterocycles. The number of rotatable bonds is 6. The van der Waals surface area contributed by atoms with E-state index in [1.54, 1.807) is 0 Å². The molecule has 1 fully saturated rings. The molecule has 1 aliphatic heterocycles. The zero-order chi connectivity index (χ0) is 16.9. The lowest BCUT2D eigenvalue weighted by atomic mass is 9.97. The normalized spacial score (nSPS) is 17.9. The van der Waals surface area contributed by atoms with Gasteiger partial charge >= 0.3 is 0 Å². The number of carbonyl (C=O) groups is 1. The third-order valence-electron chi connectivity index (χ3n) is 4.54. The van der Waals surface area contributed by atoms with Crippen molar-refractivity contribution in [3.63, 3.8) is 0 Å². The lowest BCUT2D eigenvalue weighted by Crippen LogP contribution is -2.41. The van der Waals surface area contributed by atoms with Crippen LogP contribution in [0.2, 0.25) is 0 Å². The predicted octanol–water partition coefficient (Wildman–Crippen LogP) is 1.41. The van der Waals surface area contributed by atoms with E-state index in [4.69, 9.17) is 5.73 Å². The first-order valence-corrected chi connectivity index (χ1v) is 8.43. The van der Waals surface area contributed by atoms with E-state index in [0.717, 1.165) is 44.7 Å². The van der Waals surface area contributed by atoms with Crippen LogP contribution >= 0.6 is 0 Å². The maximum Gasteiger partial charge on any atom is 0.222 e. The molecule has 2 heterocycles. The summed E-state index contributed by atoms with van der Waals surface area (Å²) < 4.78 is 1.81. The van der Waals surface area contributed by atoms with E-state index in [9.17, 15) is 4.79 Å². The van der Waals surface area contributed by atoms with Gasteiger partial charge in [0.25, 0.3) is 0 Å². The fourth-order valence-electron chi connectivity index (χ4n) is 3.18. The van der Waals surface area contributed by atoms with Crippen LogP contribution in [-0.2, 0) is 24.9 Å². The molecule has 0 spiro atoms. The monoisotopic (exact) mass is 327 g/mol. The molecule has 24 heavy (non-hydrogen) atoms. The Balaban J connectivity index is 1.52. The van der Waals surface area contributed by atoms with E-state index in [-0.39, 0.29) is 11.8 Å². The number of hydrogen-bond acceptors (Lipinski definition) is 4. The molecular weight excluding hydrogens is 302 g/mol. The van der Waals surface area contributed by atoms with Crippen LogP contribution in [0.4, 0.5) is 5.69 Å². The first kappa shape index (κ1) is 16.5. The molecule has 0 aliphatic carbocycles. The number of carbonyl (C=O) groups excluding carboxylic acids is 1. The molecule has 0 saturated carbocycles. The molecule has 2 aromatic rings. The van der Waals surface area contributed by atoms with E-state index < -0.39 is 0 Å². The quantitative estimate of drug-likeness (QED) is 0.841. The van der Waals surface area contributed by atoms with Gasteiger partial charge in [0.15, 0.2) is 0 Å². The summed E-state index contributed by atoms with van der Waals surface area (Å²) in [4.78, 5) is 13.7. The summed E-state index contributed by atoms with van der Waals surface area (Å²) >= 11 is 0. The van der Waals surface area contributed by atoms with Gasteiger partial charge in [-0.2, -0.15) is 5.10 Å². The SMILES string of the molecule is Cn1cc(CNCc2ccc(N3CCC[C@@H](C(N)=O)C3)cc2)cn1. The van der Waals surface area contributed by atoms with Gasteiger partial charge in [0, 0.05) is 50.7 Å². The zero-order valence-electron chi connectivity index (χ0n) is 14.1. The van der Waals surface area contributed by atoms with Crippen molar-refractivity contribution in [3.8, 4) is 0 Å². The molecule has 6 heteroatoms. The van der Waals surface area contributed by atoms with Crippen molar-refractivity contribution in [1.29, 1.82) is 0 Å². The summed E-state index contributed by atoms with van der Waals surface area (Å²) in [5, 5.41) is 7.59. The molecule has 1 aromatic carbocycles. The molecule has 1 saturated heterocycles. The Bertz CT molecular complexity index is 679. The number of benzene rings is 1. The maximum absolute atomic E-state index is 11.4. The van der Waals surface area contributed by atoms with Crippen LogP contribution in [0.15, 0.2) is 36.7 Å². The molecule has 0 radical (unpaired) electrons. The zero-order valence-corrected chi connectivity index (χ0v) is 14.1. The Hall–Kier alpha value is -2.34. The minimum absolute atomic E-state index is 0.0282. The highest BCUT2D eigenvalue weighted by Gasteiger charge is 2.23. The van der Waals surface area contributed by atoms with E-state index in [1.807, 2.05) is 24.1 Å². The molecule has 0 bridgehead atoms. The molecule has 3 N–H and O–H groups in total. The second kappa shape index (κ2) is 7.49. The average Bonchev–Trinajstić information content (AvgIpc) is 3.01. The van der Waals surface area contributed by atoms with Crippen molar-refractivity contribution in [1.82, 2.24) is 15.1 Å². The van der Waals surface area contributed by atoms with Gasteiger partial charge in [0.1, 0.15) is 0 Å². The summed E-state index contributed by atoms with van der Waals surface area (Å²) in [6, 6.07) is 8.54. The summed E-state index contributed by atoms with van der Waals surface area (Å²) in [6.45, 7) is 3.34. The topological polar surface area (TPSA) is 76.2 Å². The third-order valence-corrected chi connectivity index (χ3v) is 4.54. The number of amides is 1. The second-order valence-electron chi connectivity index (χ2n) is 6.48. The smallest absolute Gasteiger partial charge is 0.222 e. The van der Waals surface area contributed by atoms with Crippen molar-refractivity contribution in [2.75, 3.05) is 18.0 Å². The van der Waals surface area contributed by atoms with E-state index in [2.05, 4.69) is 39.6 Å². The number of piperidine rings is 1. The number of nitrogens with one attached hydrogen (secondary N) is 1. The van der Waals surface area contributed by atoms with Crippen molar-refractivity contribution < 1.29 is 4.79 Å². The average molecular weight is 327 g/mol. The van der Waals surface area contributed by atoms with E-state index >= 15 is 0 Å². The number of aryl methyl sites for hydroxylation is 1. The second-order valence-corrected chi connectivity index (χ2v) is 6.48. The molecular formula is C18H25N5O. The van der Waals surface area contributed by atoms with Gasteiger partial charge in [-0.25, -0.2) is 0 Å². The van der Waals surface area contributed by atoms with Gasteiger partial charge in [-0.15, -0.1) is 0 Å². The van der Waals surface area contributed by atoms with Crippen LogP contribution in [0.25, 0.3) is 0 Å². The highest BCUT2D eigenvalue weighted by molar-refractivity contribution is 5.77. The Morgan fingerprint density at radius 1 is 1.29 bits per heavy atom. The molecule has 0 unspecified atom stereocenters. The van der Waals surface area contributed by atoms with Gasteiger partial charge in [0.05, 0.1) is 12.1 Å². The molecule has 1 amide bonds. The molecule has 128 valence electrons. The summed E-state index contributed by atoms with van der Waals surface area (Å²) in [5.41, 5.74) is 9.04. The van der Waals surface area contributed by atoms with Crippen molar-refractivity contribution in [2.24, 2.45) is 18.7 Å². The minimum atomic E-state index is -0.184. The lowest BCUT2D eigenvalue weighted by Gasteiger charge is -2.33. The molecule has 3 rings (SSSR count). The highest BCUT2D eigenvalue weighted by Crippen LogP contribution is 2.23. The van der Waals surface area contributed by atoms with Crippen LogP contribution < -0.4 is 16.0 Å². The first-order chi connectivity index (χ1) is 11.6.